The molecule has 86 valence electrons. The van der Waals surface area contributed by atoms with Crippen molar-refractivity contribution in [3.8, 4) is 11.5 Å². The molecule has 0 spiro atoms. The molecule has 3 nitrogen and oxygen atoms in total. The lowest BCUT2D eigenvalue weighted by atomic mass is 9.93. The second-order valence-electron chi connectivity index (χ2n) is 4.26. The predicted molar refractivity (Wildman–Crippen MR) is 61.5 cm³/mol. The van der Waals surface area contributed by atoms with Gasteiger partial charge in [-0.25, -0.2) is 0 Å². The fourth-order valence-corrected chi connectivity index (χ4v) is 2.02. The summed E-state index contributed by atoms with van der Waals surface area (Å²) in [5, 5.41) is 0. The lowest BCUT2D eigenvalue weighted by Crippen LogP contribution is -2.18. The number of hydrogen-bond acceptors (Lipinski definition) is 3. The second-order valence-corrected chi connectivity index (χ2v) is 4.26. The molecule has 0 unspecified atom stereocenters. The number of fused-ring (bicyclic) bond motifs is 1. The first-order valence-corrected chi connectivity index (χ1v) is 5.54. The Bertz CT molecular complexity index is 421. The Morgan fingerprint density at radius 3 is 2.56 bits per heavy atom. The number of Topliss-reactive ketones (excluding diaryl/α,β-unsaturated/α-hetero) is 1. The van der Waals surface area contributed by atoms with E-state index in [9.17, 15) is 4.79 Å². The third kappa shape index (κ3) is 1.77. The molecule has 0 amide bonds. The van der Waals surface area contributed by atoms with E-state index in [1.165, 1.54) is 0 Å². The summed E-state index contributed by atoms with van der Waals surface area (Å²) in [4.78, 5) is 11.6. The number of carbonyl (C=O) groups excluding carboxylic acids is 1. The van der Waals surface area contributed by atoms with Crippen LogP contribution in [0, 0.1) is 0 Å². The van der Waals surface area contributed by atoms with Crippen molar-refractivity contribution in [2.24, 2.45) is 0 Å². The van der Waals surface area contributed by atoms with E-state index in [0.29, 0.717) is 13.2 Å². The van der Waals surface area contributed by atoms with Gasteiger partial charge >= 0.3 is 0 Å². The van der Waals surface area contributed by atoms with Gasteiger partial charge in [-0.15, -0.1) is 0 Å². The molecule has 0 fully saturated rings. The van der Waals surface area contributed by atoms with E-state index in [2.05, 4.69) is 13.8 Å². The van der Waals surface area contributed by atoms with E-state index in [-0.39, 0.29) is 11.7 Å². The highest BCUT2D eigenvalue weighted by Crippen LogP contribution is 2.39. The molecule has 0 atom stereocenters. The first kappa shape index (κ1) is 11.0. The monoisotopic (exact) mass is 220 g/mol. The van der Waals surface area contributed by atoms with Gasteiger partial charge in [0.1, 0.15) is 13.2 Å². The maximum absolute atomic E-state index is 11.6. The summed E-state index contributed by atoms with van der Waals surface area (Å²) in [6.07, 6.45) is 0. The van der Waals surface area contributed by atoms with Gasteiger partial charge in [0.05, 0.1) is 0 Å². The molecule has 1 aliphatic rings. The first-order valence-electron chi connectivity index (χ1n) is 5.54. The average molecular weight is 220 g/mol. The maximum atomic E-state index is 11.6. The van der Waals surface area contributed by atoms with Crippen LogP contribution in [0.15, 0.2) is 12.1 Å². The molecule has 0 radical (unpaired) electrons. The maximum Gasteiger partial charge on any atom is 0.165 e. The molecular weight excluding hydrogens is 204 g/mol. The Hall–Kier alpha value is -1.51. The van der Waals surface area contributed by atoms with Crippen LogP contribution in [0.3, 0.4) is 0 Å². The van der Waals surface area contributed by atoms with Gasteiger partial charge in [0.25, 0.3) is 0 Å². The van der Waals surface area contributed by atoms with Crippen LogP contribution in [0.5, 0.6) is 11.5 Å². The van der Waals surface area contributed by atoms with Gasteiger partial charge in [-0.05, 0) is 25.0 Å². The van der Waals surface area contributed by atoms with E-state index < -0.39 is 0 Å². The molecule has 0 aromatic heterocycles. The molecule has 1 aliphatic heterocycles. The van der Waals surface area contributed by atoms with Crippen molar-refractivity contribution in [3.63, 3.8) is 0 Å². The van der Waals surface area contributed by atoms with Crippen molar-refractivity contribution in [3.05, 3.63) is 23.3 Å². The molecule has 0 saturated heterocycles. The zero-order chi connectivity index (χ0) is 11.7. The second kappa shape index (κ2) is 4.16. The number of hydrogen-bond donors (Lipinski definition) is 0. The van der Waals surface area contributed by atoms with Crippen LogP contribution < -0.4 is 9.47 Å². The molecule has 1 heterocycles. The van der Waals surface area contributed by atoms with Crippen molar-refractivity contribution < 1.29 is 14.3 Å². The summed E-state index contributed by atoms with van der Waals surface area (Å²) in [6, 6.07) is 3.64. The number of ketones is 1. The Morgan fingerprint density at radius 1 is 1.25 bits per heavy atom. The quantitative estimate of drug-likeness (QED) is 0.719. The molecule has 2 rings (SSSR count). The van der Waals surface area contributed by atoms with Crippen molar-refractivity contribution >= 4 is 5.78 Å². The van der Waals surface area contributed by atoms with E-state index in [4.69, 9.17) is 9.47 Å². The predicted octanol–water partition coefficient (Wildman–Crippen LogP) is 2.78. The van der Waals surface area contributed by atoms with E-state index in [0.717, 1.165) is 22.6 Å². The van der Waals surface area contributed by atoms with Gasteiger partial charge < -0.3 is 9.47 Å². The number of rotatable bonds is 2. The fraction of sp³-hybridized carbons (Fsp3) is 0.462. The van der Waals surface area contributed by atoms with Gasteiger partial charge in [-0.2, -0.15) is 0 Å². The van der Waals surface area contributed by atoms with Crippen LogP contribution in [-0.4, -0.2) is 19.0 Å². The molecule has 0 bridgehead atoms. The van der Waals surface area contributed by atoms with Crippen LogP contribution in [0.2, 0.25) is 0 Å². The highest BCUT2D eigenvalue weighted by atomic mass is 16.6. The molecule has 3 heteroatoms. The van der Waals surface area contributed by atoms with Gasteiger partial charge in [0, 0.05) is 11.1 Å². The molecule has 1 aromatic carbocycles. The number of carbonyl (C=O) groups is 1. The van der Waals surface area contributed by atoms with Crippen molar-refractivity contribution in [1.29, 1.82) is 0 Å². The Morgan fingerprint density at radius 2 is 1.94 bits per heavy atom. The average Bonchev–Trinajstić information content (AvgIpc) is 2.27. The standard InChI is InChI=1S/C13H16O3/c1-8(2)12-10(9(3)14)4-5-11-13(12)16-7-6-15-11/h4-5,8H,6-7H2,1-3H3. The summed E-state index contributed by atoms with van der Waals surface area (Å²) in [7, 11) is 0. The summed E-state index contributed by atoms with van der Waals surface area (Å²) < 4.78 is 11.1. The van der Waals surface area contributed by atoms with Crippen molar-refractivity contribution in [2.75, 3.05) is 13.2 Å². The molecule has 1 aromatic rings. The SMILES string of the molecule is CC(=O)c1ccc2c(c1C(C)C)OCCO2. The van der Waals surface area contributed by atoms with Crippen molar-refractivity contribution in [1.82, 2.24) is 0 Å². The fourth-order valence-electron chi connectivity index (χ4n) is 2.02. The smallest absolute Gasteiger partial charge is 0.165 e. The minimum atomic E-state index is 0.0701. The summed E-state index contributed by atoms with van der Waals surface area (Å²) in [5.41, 5.74) is 1.70. The largest absolute Gasteiger partial charge is 0.486 e. The van der Waals surface area contributed by atoms with E-state index in [1.807, 2.05) is 12.1 Å². The first-order chi connectivity index (χ1) is 7.61. The van der Waals surface area contributed by atoms with Crippen LogP contribution in [-0.2, 0) is 0 Å². The molecular formula is C13H16O3. The normalized spacial score (nSPS) is 14.0. The van der Waals surface area contributed by atoms with E-state index in [1.54, 1.807) is 6.92 Å². The van der Waals surface area contributed by atoms with Gasteiger partial charge in [0.15, 0.2) is 17.3 Å². The Balaban J connectivity index is 2.61. The van der Waals surface area contributed by atoms with Crippen LogP contribution in [0.25, 0.3) is 0 Å². The Labute approximate surface area is 95.4 Å². The minimum absolute atomic E-state index is 0.0701. The number of ether oxygens (including phenoxy) is 2. The molecule has 0 saturated carbocycles. The third-order valence-electron chi connectivity index (χ3n) is 2.70. The molecule has 0 aliphatic carbocycles. The zero-order valence-electron chi connectivity index (χ0n) is 9.87. The van der Waals surface area contributed by atoms with Crippen molar-refractivity contribution in [2.45, 2.75) is 26.7 Å². The van der Waals surface area contributed by atoms with Gasteiger partial charge in [-0.1, -0.05) is 13.8 Å². The highest BCUT2D eigenvalue weighted by Gasteiger charge is 2.22. The number of benzene rings is 1. The zero-order valence-corrected chi connectivity index (χ0v) is 9.87. The molecule has 16 heavy (non-hydrogen) atoms. The van der Waals surface area contributed by atoms with Gasteiger partial charge in [-0.3, -0.25) is 4.79 Å². The van der Waals surface area contributed by atoms with Crippen LogP contribution in [0.1, 0.15) is 42.6 Å². The van der Waals surface area contributed by atoms with Crippen LogP contribution >= 0.6 is 0 Å². The third-order valence-corrected chi connectivity index (χ3v) is 2.70. The van der Waals surface area contributed by atoms with Crippen LogP contribution in [0.4, 0.5) is 0 Å². The van der Waals surface area contributed by atoms with E-state index >= 15 is 0 Å². The Kier molecular flexibility index (Phi) is 2.86. The lowest BCUT2D eigenvalue weighted by Gasteiger charge is -2.24. The topological polar surface area (TPSA) is 35.5 Å². The lowest BCUT2D eigenvalue weighted by molar-refractivity contribution is 0.101. The summed E-state index contributed by atoms with van der Waals surface area (Å²) >= 11 is 0. The highest BCUT2D eigenvalue weighted by molar-refractivity contribution is 5.96. The minimum Gasteiger partial charge on any atom is -0.486 e. The summed E-state index contributed by atoms with van der Waals surface area (Å²) in [5.74, 6) is 1.81. The summed E-state index contributed by atoms with van der Waals surface area (Å²) in [6.45, 7) is 6.81. The van der Waals surface area contributed by atoms with Gasteiger partial charge in [0.2, 0.25) is 0 Å². The molecule has 0 N–H and O–H groups in total.